The van der Waals surface area contributed by atoms with Crippen LogP contribution in [0.2, 0.25) is 0 Å². The Labute approximate surface area is 103 Å². The Morgan fingerprint density at radius 2 is 2.41 bits per heavy atom. The predicted molar refractivity (Wildman–Crippen MR) is 63.4 cm³/mol. The lowest BCUT2D eigenvalue weighted by Gasteiger charge is -2.25. The molecule has 2 unspecified atom stereocenters. The van der Waals surface area contributed by atoms with Crippen molar-refractivity contribution in [3.8, 4) is 0 Å². The molecular formula is C11H16O5S. The van der Waals surface area contributed by atoms with Crippen LogP contribution in [0.3, 0.4) is 0 Å². The average molecular weight is 260 g/mol. The fourth-order valence-corrected chi connectivity index (χ4v) is 2.55. The Bertz CT molecular complexity index is 361. The number of esters is 1. The van der Waals surface area contributed by atoms with Crippen molar-refractivity contribution in [3.05, 3.63) is 23.3 Å². The maximum atomic E-state index is 11.9. The van der Waals surface area contributed by atoms with Crippen molar-refractivity contribution in [2.75, 3.05) is 19.0 Å². The van der Waals surface area contributed by atoms with E-state index in [1.807, 2.05) is 6.92 Å². The van der Waals surface area contributed by atoms with E-state index in [-0.39, 0.29) is 17.3 Å². The third-order valence-electron chi connectivity index (χ3n) is 2.01. The van der Waals surface area contributed by atoms with Gasteiger partial charge in [0.15, 0.2) is 4.91 Å². The molecule has 0 spiro atoms. The normalized spacial score (nSPS) is 24.1. The summed E-state index contributed by atoms with van der Waals surface area (Å²) < 4.78 is 27.3. The van der Waals surface area contributed by atoms with E-state index in [1.54, 1.807) is 6.92 Å². The lowest BCUT2D eigenvalue weighted by molar-refractivity contribution is -0.138. The van der Waals surface area contributed by atoms with E-state index in [9.17, 15) is 9.00 Å². The quantitative estimate of drug-likeness (QED) is 0.547. The lowest BCUT2D eigenvalue weighted by Crippen LogP contribution is -2.32. The number of carbonyl (C=O) groups is 1. The highest BCUT2D eigenvalue weighted by Crippen LogP contribution is 2.22. The molecule has 1 aliphatic heterocycles. The van der Waals surface area contributed by atoms with Gasteiger partial charge in [-0.3, -0.25) is 4.21 Å². The topological polar surface area (TPSA) is 61.8 Å². The van der Waals surface area contributed by atoms with Gasteiger partial charge in [-0.05, 0) is 13.8 Å². The molecule has 6 heteroatoms. The minimum absolute atomic E-state index is 0.0720. The summed E-state index contributed by atoms with van der Waals surface area (Å²) in [7, 11) is -1.45. The molecule has 1 rings (SSSR count). The number of hydrogen-bond acceptors (Lipinski definition) is 5. The molecule has 17 heavy (non-hydrogen) atoms. The molecule has 1 aliphatic rings. The van der Waals surface area contributed by atoms with Gasteiger partial charge in [0.2, 0.25) is 6.29 Å². The van der Waals surface area contributed by atoms with Gasteiger partial charge in [0.25, 0.3) is 0 Å². The van der Waals surface area contributed by atoms with E-state index in [0.29, 0.717) is 12.4 Å². The van der Waals surface area contributed by atoms with Crippen molar-refractivity contribution < 1.29 is 23.2 Å². The number of rotatable bonds is 5. The number of carbonyl (C=O) groups excluding carboxylic acids is 1. The largest absolute Gasteiger partial charge is 0.467 e. The maximum Gasteiger partial charge on any atom is 0.351 e. The first-order valence-corrected chi connectivity index (χ1v) is 6.57. The van der Waals surface area contributed by atoms with Crippen molar-refractivity contribution in [1.82, 2.24) is 0 Å². The molecular weight excluding hydrogens is 244 g/mol. The van der Waals surface area contributed by atoms with Crippen LogP contribution in [-0.2, 0) is 29.8 Å². The van der Waals surface area contributed by atoms with Gasteiger partial charge in [-0.2, -0.15) is 0 Å². The van der Waals surface area contributed by atoms with Crippen molar-refractivity contribution in [2.45, 2.75) is 20.1 Å². The molecule has 0 aromatic heterocycles. The minimum Gasteiger partial charge on any atom is -0.467 e. The van der Waals surface area contributed by atoms with Crippen LogP contribution in [0, 0.1) is 0 Å². The first-order valence-electron chi connectivity index (χ1n) is 5.25. The first-order chi connectivity index (χ1) is 8.10. The van der Waals surface area contributed by atoms with Crippen molar-refractivity contribution in [1.29, 1.82) is 0 Å². The molecule has 0 fully saturated rings. The Balaban J connectivity index is 2.77. The van der Waals surface area contributed by atoms with Gasteiger partial charge >= 0.3 is 5.97 Å². The SMILES string of the molecule is C=CCOC(=O)C1=C(C)OC(OCC)CS1=O. The van der Waals surface area contributed by atoms with Crippen molar-refractivity contribution in [2.24, 2.45) is 0 Å². The van der Waals surface area contributed by atoms with Gasteiger partial charge in [0.1, 0.15) is 12.4 Å². The molecule has 0 aromatic rings. The summed E-state index contributed by atoms with van der Waals surface area (Å²) in [5, 5.41) is 0. The highest BCUT2D eigenvalue weighted by molar-refractivity contribution is 7.90. The minimum atomic E-state index is -1.45. The predicted octanol–water partition coefficient (Wildman–Crippen LogP) is 1.09. The summed E-state index contributed by atoms with van der Waals surface area (Å²) in [6, 6.07) is 0. The molecule has 2 atom stereocenters. The molecule has 1 heterocycles. The molecule has 0 radical (unpaired) electrons. The highest BCUT2D eigenvalue weighted by Gasteiger charge is 2.31. The van der Waals surface area contributed by atoms with Crippen LogP contribution in [0.1, 0.15) is 13.8 Å². The van der Waals surface area contributed by atoms with Crippen molar-refractivity contribution in [3.63, 3.8) is 0 Å². The monoisotopic (exact) mass is 260 g/mol. The van der Waals surface area contributed by atoms with Gasteiger partial charge < -0.3 is 14.2 Å². The van der Waals surface area contributed by atoms with Gasteiger partial charge in [-0.15, -0.1) is 0 Å². The first kappa shape index (κ1) is 13.9. The summed E-state index contributed by atoms with van der Waals surface area (Å²) >= 11 is 0. The Kier molecular flexibility index (Phi) is 5.37. The molecule has 0 saturated carbocycles. The zero-order chi connectivity index (χ0) is 12.8. The molecule has 0 N–H and O–H groups in total. The molecule has 0 aromatic carbocycles. The summed E-state index contributed by atoms with van der Waals surface area (Å²) in [4.78, 5) is 11.7. The van der Waals surface area contributed by atoms with Gasteiger partial charge in [-0.25, -0.2) is 4.79 Å². The number of allylic oxidation sites excluding steroid dienone is 1. The van der Waals surface area contributed by atoms with Crippen LogP contribution in [0.5, 0.6) is 0 Å². The third-order valence-corrected chi connectivity index (χ3v) is 3.50. The molecule has 5 nitrogen and oxygen atoms in total. The zero-order valence-corrected chi connectivity index (χ0v) is 10.7. The highest BCUT2D eigenvalue weighted by atomic mass is 32.2. The van der Waals surface area contributed by atoms with E-state index < -0.39 is 23.1 Å². The van der Waals surface area contributed by atoms with Gasteiger partial charge in [0.05, 0.1) is 16.6 Å². The summed E-state index contributed by atoms with van der Waals surface area (Å²) in [6.45, 7) is 7.38. The zero-order valence-electron chi connectivity index (χ0n) is 9.93. The summed E-state index contributed by atoms with van der Waals surface area (Å²) in [5.41, 5.74) is 0. The molecule has 0 aliphatic carbocycles. The smallest absolute Gasteiger partial charge is 0.351 e. The molecule has 96 valence electrons. The fourth-order valence-electron chi connectivity index (χ4n) is 1.36. The van der Waals surface area contributed by atoms with Crippen LogP contribution in [0.25, 0.3) is 0 Å². The second kappa shape index (κ2) is 6.56. The second-order valence-corrected chi connectivity index (χ2v) is 4.72. The van der Waals surface area contributed by atoms with Crippen LogP contribution < -0.4 is 0 Å². The van der Waals surface area contributed by atoms with E-state index in [2.05, 4.69) is 6.58 Å². The fraction of sp³-hybridized carbons (Fsp3) is 0.545. The van der Waals surface area contributed by atoms with Crippen molar-refractivity contribution >= 4 is 16.8 Å². The maximum absolute atomic E-state index is 11.9. The van der Waals surface area contributed by atoms with E-state index in [0.717, 1.165) is 0 Å². The summed E-state index contributed by atoms with van der Waals surface area (Å²) in [5.74, 6) is -0.193. The van der Waals surface area contributed by atoms with Crippen LogP contribution in [0.15, 0.2) is 23.3 Å². The summed E-state index contributed by atoms with van der Waals surface area (Å²) in [6.07, 6.45) is 0.889. The lowest BCUT2D eigenvalue weighted by atomic mass is 10.4. The molecule has 0 amide bonds. The second-order valence-electron chi connectivity index (χ2n) is 3.29. The molecule has 0 bridgehead atoms. The van der Waals surface area contributed by atoms with Gasteiger partial charge in [0, 0.05) is 6.61 Å². The Morgan fingerprint density at radius 3 is 2.94 bits per heavy atom. The Morgan fingerprint density at radius 1 is 1.71 bits per heavy atom. The van der Waals surface area contributed by atoms with Crippen LogP contribution >= 0.6 is 0 Å². The third kappa shape index (κ3) is 3.67. The van der Waals surface area contributed by atoms with E-state index >= 15 is 0 Å². The number of ether oxygens (including phenoxy) is 3. The van der Waals surface area contributed by atoms with E-state index in [1.165, 1.54) is 6.08 Å². The average Bonchev–Trinajstić information content (AvgIpc) is 2.25. The van der Waals surface area contributed by atoms with E-state index in [4.69, 9.17) is 14.2 Å². The Hall–Kier alpha value is -1.14. The van der Waals surface area contributed by atoms with Crippen LogP contribution in [-0.4, -0.2) is 35.4 Å². The molecule has 0 saturated heterocycles. The van der Waals surface area contributed by atoms with Crippen LogP contribution in [0.4, 0.5) is 0 Å². The standard InChI is InChI=1S/C11H16O5S/c1-4-6-15-11(12)10-8(3)16-9(14-5-2)7-17(10)13/h4,9H,1,5-7H2,2-3H3. The number of hydrogen-bond donors (Lipinski definition) is 0. The van der Waals surface area contributed by atoms with Gasteiger partial charge in [-0.1, -0.05) is 12.7 Å².